The summed E-state index contributed by atoms with van der Waals surface area (Å²) in [5, 5.41) is 1.40. The number of rotatable bonds is 3. The van der Waals surface area contributed by atoms with Crippen LogP contribution in [0, 0.1) is 0 Å². The van der Waals surface area contributed by atoms with Crippen LogP contribution < -0.4 is 4.74 Å². The molecule has 3 aromatic rings. The maximum Gasteiger partial charge on any atom is 0.289 e. The Morgan fingerprint density at radius 3 is 3.04 bits per heavy atom. The van der Waals surface area contributed by atoms with Gasteiger partial charge in [0.15, 0.2) is 5.76 Å². The van der Waals surface area contributed by atoms with Gasteiger partial charge in [-0.15, -0.1) is 0 Å². The minimum Gasteiger partial charge on any atom is -0.487 e. The number of aromatic nitrogens is 1. The van der Waals surface area contributed by atoms with Crippen LogP contribution in [0.1, 0.15) is 17.0 Å². The van der Waals surface area contributed by atoms with E-state index < -0.39 is 0 Å². The summed E-state index contributed by atoms with van der Waals surface area (Å²) in [5.41, 5.74) is 0.719. The maximum atomic E-state index is 12.6. The molecule has 1 amide bonds. The predicted octanol–water partition coefficient (Wildman–Crippen LogP) is 3.77. The van der Waals surface area contributed by atoms with Gasteiger partial charge in [0.1, 0.15) is 22.5 Å². The Bertz CT molecular complexity index is 860. The average molecular weight is 343 g/mol. The third kappa shape index (κ3) is 2.83. The summed E-state index contributed by atoms with van der Waals surface area (Å²) < 4.78 is 11.5. The first-order valence-corrected chi connectivity index (χ1v) is 8.12. The van der Waals surface area contributed by atoms with Crippen LogP contribution in [0.4, 0.5) is 0 Å². The summed E-state index contributed by atoms with van der Waals surface area (Å²) in [6.45, 7) is 1.14. The van der Waals surface area contributed by atoms with Crippen molar-refractivity contribution in [3.8, 4) is 5.75 Å². The molecule has 1 aliphatic heterocycles. The lowest BCUT2D eigenvalue weighted by atomic mass is 10.2. The number of nitrogens with zero attached hydrogens (tertiary/aromatic N) is 2. The molecule has 1 unspecified atom stereocenters. The fourth-order valence-corrected chi connectivity index (χ4v) is 3.05. The zero-order valence-corrected chi connectivity index (χ0v) is 13.6. The Balaban J connectivity index is 1.46. The number of para-hydroxylation sites is 1. The summed E-state index contributed by atoms with van der Waals surface area (Å²) in [4.78, 5) is 18.3. The number of hydrogen-bond acceptors (Lipinski definition) is 4. The van der Waals surface area contributed by atoms with Gasteiger partial charge in [-0.1, -0.05) is 29.8 Å². The van der Waals surface area contributed by atoms with E-state index in [2.05, 4.69) is 4.98 Å². The molecule has 24 heavy (non-hydrogen) atoms. The molecule has 0 saturated carbocycles. The van der Waals surface area contributed by atoms with Gasteiger partial charge >= 0.3 is 0 Å². The molecule has 122 valence electrons. The van der Waals surface area contributed by atoms with E-state index >= 15 is 0 Å². The van der Waals surface area contributed by atoms with Crippen LogP contribution in [0.15, 0.2) is 53.2 Å². The van der Waals surface area contributed by atoms with E-state index in [4.69, 9.17) is 20.8 Å². The molecular formula is C18H15ClN2O3. The zero-order valence-electron chi connectivity index (χ0n) is 12.8. The van der Waals surface area contributed by atoms with Crippen LogP contribution in [-0.2, 0) is 0 Å². The van der Waals surface area contributed by atoms with E-state index in [0.717, 1.165) is 17.4 Å². The Morgan fingerprint density at radius 2 is 2.21 bits per heavy atom. The SMILES string of the molecule is O=C(c1cc2ccccc2o1)N1CCC(Oc2ccncc2Cl)C1. The third-order valence-corrected chi connectivity index (χ3v) is 4.38. The molecule has 1 aliphatic rings. The smallest absolute Gasteiger partial charge is 0.289 e. The van der Waals surface area contributed by atoms with E-state index in [-0.39, 0.29) is 12.0 Å². The van der Waals surface area contributed by atoms with Crippen LogP contribution in [0.5, 0.6) is 5.75 Å². The van der Waals surface area contributed by atoms with E-state index in [1.54, 1.807) is 29.4 Å². The molecule has 1 atom stereocenters. The van der Waals surface area contributed by atoms with E-state index in [1.807, 2.05) is 24.3 Å². The van der Waals surface area contributed by atoms with Crippen molar-refractivity contribution in [2.24, 2.45) is 0 Å². The average Bonchev–Trinajstić information content (AvgIpc) is 3.23. The molecule has 0 aliphatic carbocycles. The van der Waals surface area contributed by atoms with Crippen molar-refractivity contribution < 1.29 is 13.9 Å². The number of hydrogen-bond donors (Lipinski definition) is 0. The number of fused-ring (bicyclic) bond motifs is 1. The molecule has 1 fully saturated rings. The third-order valence-electron chi connectivity index (χ3n) is 4.10. The van der Waals surface area contributed by atoms with Crippen molar-refractivity contribution >= 4 is 28.5 Å². The van der Waals surface area contributed by atoms with E-state index in [9.17, 15) is 4.79 Å². The molecule has 1 saturated heterocycles. The standard InChI is InChI=1S/C18H15ClN2O3/c19-14-10-20-7-5-16(14)23-13-6-8-21(11-13)18(22)17-9-12-3-1-2-4-15(12)24-17/h1-5,7,9-10,13H,6,8,11H2. The molecule has 3 heterocycles. The number of pyridine rings is 1. The van der Waals surface area contributed by atoms with Crippen molar-refractivity contribution in [3.05, 3.63) is 59.6 Å². The summed E-state index contributed by atoms with van der Waals surface area (Å²) in [7, 11) is 0. The first-order chi connectivity index (χ1) is 11.7. The van der Waals surface area contributed by atoms with Gasteiger partial charge in [0.2, 0.25) is 0 Å². The lowest BCUT2D eigenvalue weighted by molar-refractivity contribution is 0.0743. The topological polar surface area (TPSA) is 55.6 Å². The normalized spacial score (nSPS) is 17.4. The molecule has 1 aromatic carbocycles. The summed E-state index contributed by atoms with van der Waals surface area (Å²) in [6, 6.07) is 11.1. The predicted molar refractivity (Wildman–Crippen MR) is 90.4 cm³/mol. The monoisotopic (exact) mass is 342 g/mol. The van der Waals surface area contributed by atoms with E-state index in [0.29, 0.717) is 29.6 Å². The van der Waals surface area contributed by atoms with Gasteiger partial charge in [0.25, 0.3) is 5.91 Å². The van der Waals surface area contributed by atoms with Gasteiger partial charge < -0.3 is 14.1 Å². The Morgan fingerprint density at radius 1 is 1.33 bits per heavy atom. The second-order valence-corrected chi connectivity index (χ2v) is 6.14. The van der Waals surface area contributed by atoms with Crippen molar-refractivity contribution in [2.75, 3.05) is 13.1 Å². The van der Waals surface area contributed by atoms with Crippen LogP contribution in [0.25, 0.3) is 11.0 Å². The highest BCUT2D eigenvalue weighted by atomic mass is 35.5. The van der Waals surface area contributed by atoms with Crippen LogP contribution in [-0.4, -0.2) is 35.0 Å². The Kier molecular flexibility index (Phi) is 3.86. The number of furan rings is 1. The molecular weight excluding hydrogens is 328 g/mol. The van der Waals surface area contributed by atoms with Gasteiger partial charge in [-0.3, -0.25) is 9.78 Å². The molecule has 6 heteroatoms. The van der Waals surface area contributed by atoms with Gasteiger partial charge in [-0.25, -0.2) is 0 Å². The lowest BCUT2D eigenvalue weighted by Gasteiger charge is -2.16. The van der Waals surface area contributed by atoms with Gasteiger partial charge in [-0.05, 0) is 12.1 Å². The second kappa shape index (κ2) is 6.17. The number of carbonyl (C=O) groups excluding carboxylic acids is 1. The molecule has 0 bridgehead atoms. The van der Waals surface area contributed by atoms with E-state index in [1.165, 1.54) is 0 Å². The number of benzene rings is 1. The van der Waals surface area contributed by atoms with Crippen LogP contribution >= 0.6 is 11.6 Å². The molecule has 2 aromatic heterocycles. The second-order valence-electron chi connectivity index (χ2n) is 5.73. The van der Waals surface area contributed by atoms with Gasteiger partial charge in [0, 0.05) is 36.8 Å². The highest BCUT2D eigenvalue weighted by molar-refractivity contribution is 6.31. The quantitative estimate of drug-likeness (QED) is 0.727. The molecule has 5 nitrogen and oxygen atoms in total. The lowest BCUT2D eigenvalue weighted by Crippen LogP contribution is -2.30. The summed E-state index contributed by atoms with van der Waals surface area (Å²) in [5.74, 6) is 0.839. The minimum atomic E-state index is -0.113. The van der Waals surface area contributed by atoms with Crippen molar-refractivity contribution in [2.45, 2.75) is 12.5 Å². The fourth-order valence-electron chi connectivity index (χ4n) is 2.89. The number of ether oxygens (including phenoxy) is 1. The molecule has 4 rings (SSSR count). The number of amides is 1. The van der Waals surface area contributed by atoms with Crippen LogP contribution in [0.2, 0.25) is 5.02 Å². The molecule has 0 spiro atoms. The molecule has 0 N–H and O–H groups in total. The largest absolute Gasteiger partial charge is 0.487 e. The van der Waals surface area contributed by atoms with Gasteiger partial charge in [-0.2, -0.15) is 0 Å². The fraction of sp³-hybridized carbons (Fsp3) is 0.222. The first-order valence-electron chi connectivity index (χ1n) is 7.75. The van der Waals surface area contributed by atoms with Crippen molar-refractivity contribution in [3.63, 3.8) is 0 Å². The van der Waals surface area contributed by atoms with Crippen molar-refractivity contribution in [1.82, 2.24) is 9.88 Å². The Labute approximate surface area is 143 Å². The zero-order chi connectivity index (χ0) is 16.5. The minimum absolute atomic E-state index is 0.0850. The highest BCUT2D eigenvalue weighted by Gasteiger charge is 2.30. The number of carbonyl (C=O) groups is 1. The Hall–Kier alpha value is -2.53. The highest BCUT2D eigenvalue weighted by Crippen LogP contribution is 2.27. The number of halogens is 1. The first kappa shape index (κ1) is 15.0. The van der Waals surface area contributed by atoms with Crippen LogP contribution in [0.3, 0.4) is 0 Å². The summed E-state index contributed by atoms with van der Waals surface area (Å²) >= 11 is 6.06. The van der Waals surface area contributed by atoms with Gasteiger partial charge in [0.05, 0.1) is 6.54 Å². The summed E-state index contributed by atoms with van der Waals surface area (Å²) in [6.07, 6.45) is 3.85. The number of likely N-dealkylation sites (tertiary alicyclic amines) is 1. The molecule has 0 radical (unpaired) electrons. The van der Waals surface area contributed by atoms with Crippen molar-refractivity contribution in [1.29, 1.82) is 0 Å². The maximum absolute atomic E-state index is 12.6.